The highest BCUT2D eigenvalue weighted by Gasteiger charge is 2.20. The maximum Gasteiger partial charge on any atom is 0.251 e. The van der Waals surface area contributed by atoms with Crippen LogP contribution < -0.4 is 20.3 Å². The summed E-state index contributed by atoms with van der Waals surface area (Å²) in [5.74, 6) is 1.18. The molecule has 0 spiro atoms. The van der Waals surface area contributed by atoms with Gasteiger partial charge in [-0.3, -0.25) is 9.78 Å². The number of hydrogen-bond acceptors (Lipinski definition) is 6. The van der Waals surface area contributed by atoms with Crippen molar-refractivity contribution < 1.29 is 13.9 Å². The van der Waals surface area contributed by atoms with Gasteiger partial charge in [-0.2, -0.15) is 0 Å². The molecule has 0 aliphatic carbocycles. The summed E-state index contributed by atoms with van der Waals surface area (Å²) in [4.78, 5) is 19.2. The number of pyridine rings is 2. The largest absolute Gasteiger partial charge is 0.486 e. The van der Waals surface area contributed by atoms with E-state index in [0.717, 1.165) is 43.9 Å². The molecule has 2 aromatic heterocycles. The Bertz CT molecular complexity index is 1160. The Morgan fingerprint density at radius 2 is 1.85 bits per heavy atom. The van der Waals surface area contributed by atoms with Crippen LogP contribution in [0.25, 0.3) is 10.9 Å². The van der Waals surface area contributed by atoms with Gasteiger partial charge in [-0.1, -0.05) is 6.07 Å². The van der Waals surface area contributed by atoms with Crippen molar-refractivity contribution in [1.82, 2.24) is 19.8 Å². The van der Waals surface area contributed by atoms with Crippen LogP contribution in [0.2, 0.25) is 0 Å². The number of piperidine rings is 1. The third kappa shape index (κ3) is 5.29. The Morgan fingerprint density at radius 3 is 2.67 bits per heavy atom. The second-order valence-corrected chi connectivity index (χ2v) is 8.31. The van der Waals surface area contributed by atoms with Crippen LogP contribution in [0.5, 0.6) is 11.5 Å². The molecule has 1 N–H and O–H groups in total. The van der Waals surface area contributed by atoms with E-state index in [1.54, 1.807) is 22.9 Å². The highest BCUT2D eigenvalue weighted by molar-refractivity contribution is 5.85. The van der Waals surface area contributed by atoms with Crippen molar-refractivity contribution in [2.75, 3.05) is 32.8 Å². The van der Waals surface area contributed by atoms with Crippen LogP contribution in [-0.4, -0.2) is 53.3 Å². The van der Waals surface area contributed by atoms with Crippen molar-refractivity contribution in [2.24, 2.45) is 0 Å². The second kappa shape index (κ2) is 10.5. The normalized spacial score (nSPS) is 16.5. The molecule has 1 fully saturated rings. The maximum absolute atomic E-state index is 14.1. The predicted molar refractivity (Wildman–Crippen MR) is 127 cm³/mol. The molecule has 0 saturated carbocycles. The van der Waals surface area contributed by atoms with E-state index in [0.29, 0.717) is 49.0 Å². The lowest BCUT2D eigenvalue weighted by Crippen LogP contribution is -2.43. The zero-order valence-electron chi connectivity index (χ0n) is 18.3. The summed E-state index contributed by atoms with van der Waals surface area (Å²) >= 11 is 0. The first-order valence-corrected chi connectivity index (χ1v) is 11.2. The van der Waals surface area contributed by atoms with E-state index in [9.17, 15) is 9.18 Å². The van der Waals surface area contributed by atoms with Crippen molar-refractivity contribution in [3.05, 3.63) is 64.5 Å². The first kappa shape index (κ1) is 23.5. The van der Waals surface area contributed by atoms with Crippen molar-refractivity contribution in [1.29, 1.82) is 0 Å². The van der Waals surface area contributed by atoms with Gasteiger partial charge in [0, 0.05) is 43.2 Å². The third-order valence-electron chi connectivity index (χ3n) is 6.27. The summed E-state index contributed by atoms with van der Waals surface area (Å²) < 4.78 is 26.9. The van der Waals surface area contributed by atoms with E-state index in [1.165, 1.54) is 12.1 Å². The molecule has 7 nitrogen and oxygen atoms in total. The van der Waals surface area contributed by atoms with Crippen molar-refractivity contribution in [3.8, 4) is 11.5 Å². The van der Waals surface area contributed by atoms with Gasteiger partial charge in [0.1, 0.15) is 19.0 Å². The van der Waals surface area contributed by atoms with Crippen molar-refractivity contribution >= 4 is 23.3 Å². The molecule has 2 aliphatic rings. The Balaban J connectivity index is 0.00000259. The molecule has 0 unspecified atom stereocenters. The smallest absolute Gasteiger partial charge is 0.251 e. The zero-order chi connectivity index (χ0) is 21.9. The number of nitrogens with one attached hydrogen (secondary N) is 1. The second-order valence-electron chi connectivity index (χ2n) is 8.31. The molecular weight excluding hydrogens is 447 g/mol. The topological polar surface area (TPSA) is 68.6 Å². The molecule has 4 heterocycles. The fourth-order valence-electron chi connectivity index (χ4n) is 4.46. The number of hydrogen-bond donors (Lipinski definition) is 1. The molecule has 3 aromatic rings. The van der Waals surface area contributed by atoms with E-state index in [2.05, 4.69) is 15.2 Å². The molecule has 0 amide bonds. The summed E-state index contributed by atoms with van der Waals surface area (Å²) in [6.45, 7) is 5.07. The molecule has 0 bridgehead atoms. The first-order valence-electron chi connectivity index (χ1n) is 11.2. The molecule has 0 radical (unpaired) electrons. The summed E-state index contributed by atoms with van der Waals surface area (Å²) in [5, 5.41) is 4.08. The molecule has 176 valence electrons. The fourth-order valence-corrected chi connectivity index (χ4v) is 4.46. The Morgan fingerprint density at radius 1 is 1.06 bits per heavy atom. The van der Waals surface area contributed by atoms with E-state index < -0.39 is 0 Å². The van der Waals surface area contributed by atoms with Gasteiger partial charge in [0.15, 0.2) is 11.5 Å². The summed E-state index contributed by atoms with van der Waals surface area (Å²) in [5.41, 5.74) is 1.51. The molecule has 9 heteroatoms. The maximum atomic E-state index is 14.1. The molecule has 0 atom stereocenters. The van der Waals surface area contributed by atoms with Gasteiger partial charge in [0.25, 0.3) is 5.56 Å². The number of aromatic nitrogens is 2. The average Bonchev–Trinajstić information content (AvgIpc) is 2.83. The number of halogens is 2. The van der Waals surface area contributed by atoms with Gasteiger partial charge in [-0.15, -0.1) is 12.4 Å². The van der Waals surface area contributed by atoms with Gasteiger partial charge in [-0.05, 0) is 44.1 Å². The SMILES string of the molecule is Cl.O=c1ccc2c(F)cccc2n1CCN1CCC(NCc2cc3c(cn2)OCCO3)CC1. The van der Waals surface area contributed by atoms with E-state index >= 15 is 0 Å². The first-order chi connectivity index (χ1) is 15.7. The van der Waals surface area contributed by atoms with Crippen LogP contribution >= 0.6 is 12.4 Å². The molecular formula is C24H28ClFN4O3. The summed E-state index contributed by atoms with van der Waals surface area (Å²) in [7, 11) is 0. The van der Waals surface area contributed by atoms with E-state index in [4.69, 9.17) is 9.47 Å². The monoisotopic (exact) mass is 474 g/mol. The number of nitrogens with zero attached hydrogens (tertiary/aromatic N) is 3. The number of fused-ring (bicyclic) bond motifs is 2. The van der Waals surface area contributed by atoms with Crippen LogP contribution in [-0.2, 0) is 13.1 Å². The van der Waals surface area contributed by atoms with Crippen LogP contribution in [0.4, 0.5) is 4.39 Å². The minimum absolute atomic E-state index is 0. The molecule has 1 saturated heterocycles. The van der Waals surface area contributed by atoms with E-state index in [-0.39, 0.29) is 23.8 Å². The number of likely N-dealkylation sites (tertiary alicyclic amines) is 1. The van der Waals surface area contributed by atoms with Crippen LogP contribution in [0, 0.1) is 5.82 Å². The fraction of sp³-hybridized carbons (Fsp3) is 0.417. The Kier molecular flexibility index (Phi) is 7.47. The van der Waals surface area contributed by atoms with Crippen LogP contribution in [0.3, 0.4) is 0 Å². The predicted octanol–water partition coefficient (Wildman–Crippen LogP) is 2.98. The van der Waals surface area contributed by atoms with Gasteiger partial charge >= 0.3 is 0 Å². The minimum atomic E-state index is -0.296. The lowest BCUT2D eigenvalue weighted by Gasteiger charge is -2.32. The molecule has 5 rings (SSSR count). The van der Waals surface area contributed by atoms with Gasteiger partial charge in [0.2, 0.25) is 0 Å². The Hall–Kier alpha value is -2.68. The van der Waals surface area contributed by atoms with Gasteiger partial charge < -0.3 is 24.3 Å². The third-order valence-corrected chi connectivity index (χ3v) is 6.27. The van der Waals surface area contributed by atoms with Gasteiger partial charge in [0.05, 0.1) is 17.4 Å². The van der Waals surface area contributed by atoms with Crippen LogP contribution in [0.15, 0.2) is 47.4 Å². The average molecular weight is 475 g/mol. The number of benzene rings is 1. The van der Waals surface area contributed by atoms with Crippen molar-refractivity contribution in [3.63, 3.8) is 0 Å². The highest BCUT2D eigenvalue weighted by atomic mass is 35.5. The number of ether oxygens (including phenoxy) is 2. The number of rotatable bonds is 6. The van der Waals surface area contributed by atoms with Crippen LogP contribution in [0.1, 0.15) is 18.5 Å². The van der Waals surface area contributed by atoms with E-state index in [1.807, 2.05) is 12.1 Å². The highest BCUT2D eigenvalue weighted by Crippen LogP contribution is 2.29. The lowest BCUT2D eigenvalue weighted by molar-refractivity contribution is 0.170. The minimum Gasteiger partial charge on any atom is -0.486 e. The summed E-state index contributed by atoms with van der Waals surface area (Å²) in [6.07, 6.45) is 3.79. The lowest BCUT2D eigenvalue weighted by atomic mass is 10.0. The zero-order valence-corrected chi connectivity index (χ0v) is 19.2. The standard InChI is InChI=1S/C24H27FN4O3.ClH/c25-20-2-1-3-21-19(20)4-5-24(30)29(21)11-10-28-8-6-17(7-9-28)26-15-18-14-22-23(16-27-18)32-13-12-31-22;/h1-5,14,16-17,26H,6-13,15H2;1H. The molecule has 1 aromatic carbocycles. The van der Waals surface area contributed by atoms with Gasteiger partial charge in [-0.25, -0.2) is 4.39 Å². The Labute approximate surface area is 197 Å². The molecule has 2 aliphatic heterocycles. The molecule has 33 heavy (non-hydrogen) atoms. The summed E-state index contributed by atoms with van der Waals surface area (Å²) in [6, 6.07) is 10.3. The quantitative estimate of drug-likeness (QED) is 0.592. The van der Waals surface area contributed by atoms with Crippen molar-refractivity contribution in [2.45, 2.75) is 32.0 Å².